The van der Waals surface area contributed by atoms with Crippen LogP contribution in [0, 0.1) is 6.92 Å². The second kappa shape index (κ2) is 9.36. The first-order chi connectivity index (χ1) is 15.9. The Hall–Kier alpha value is -2.36. The molecule has 10 heteroatoms. The highest BCUT2D eigenvalue weighted by molar-refractivity contribution is 7.91. The summed E-state index contributed by atoms with van der Waals surface area (Å²) in [5, 5.41) is 0.929. The van der Waals surface area contributed by atoms with Crippen LogP contribution < -0.4 is 4.72 Å². The van der Waals surface area contributed by atoms with Gasteiger partial charge in [-0.3, -0.25) is 4.98 Å². The number of rotatable bonds is 5. The fraction of sp³-hybridized carbons (Fsp3) is 0.208. The lowest BCUT2D eigenvalue weighted by Crippen LogP contribution is -2.40. The second-order valence-corrected chi connectivity index (χ2v) is 12.6. The van der Waals surface area contributed by atoms with Gasteiger partial charge in [0.25, 0.3) is 10.0 Å². The van der Waals surface area contributed by atoms with E-state index in [-0.39, 0.29) is 4.21 Å². The molecule has 0 unspecified atom stereocenters. The van der Waals surface area contributed by atoms with Crippen molar-refractivity contribution in [3.8, 4) is 33.2 Å². The normalized spacial score (nSPS) is 12.2. The van der Waals surface area contributed by atoms with E-state index in [0.29, 0.717) is 21.6 Å². The molecule has 6 nitrogen and oxygen atoms in total. The van der Waals surface area contributed by atoms with Crippen molar-refractivity contribution in [2.24, 2.45) is 0 Å². The van der Waals surface area contributed by atoms with Crippen molar-refractivity contribution < 1.29 is 8.42 Å². The third-order valence-electron chi connectivity index (χ3n) is 4.63. The Balaban J connectivity index is 1.70. The van der Waals surface area contributed by atoms with Gasteiger partial charge in [0.05, 0.1) is 26.3 Å². The molecule has 4 rings (SSSR count). The van der Waals surface area contributed by atoms with Crippen LogP contribution in [-0.2, 0) is 10.0 Å². The van der Waals surface area contributed by atoms with Crippen molar-refractivity contribution in [2.45, 2.75) is 37.4 Å². The number of nitrogens with one attached hydrogen (secondary N) is 1. The minimum absolute atomic E-state index is 0.235. The van der Waals surface area contributed by atoms with E-state index in [2.05, 4.69) is 14.7 Å². The van der Waals surface area contributed by atoms with E-state index in [4.69, 9.17) is 28.2 Å². The van der Waals surface area contributed by atoms with Gasteiger partial charge in [0.2, 0.25) is 0 Å². The van der Waals surface area contributed by atoms with Crippen LogP contribution in [0.1, 0.15) is 26.5 Å². The Kier molecular flexibility index (Phi) is 6.81. The highest BCUT2D eigenvalue weighted by atomic mass is 35.5. The number of sulfonamides is 1. The summed E-state index contributed by atoms with van der Waals surface area (Å²) in [7, 11) is -3.62. The molecular formula is C24H22Cl2N4O2S2. The van der Waals surface area contributed by atoms with Crippen molar-refractivity contribution in [1.82, 2.24) is 19.7 Å². The summed E-state index contributed by atoms with van der Waals surface area (Å²) in [6, 6.07) is 14.3. The topological polar surface area (TPSA) is 84.8 Å². The van der Waals surface area contributed by atoms with E-state index < -0.39 is 15.6 Å². The maximum atomic E-state index is 12.7. The number of hydrogen-bond acceptors (Lipinski definition) is 6. The van der Waals surface area contributed by atoms with Gasteiger partial charge in [-0.25, -0.2) is 23.1 Å². The van der Waals surface area contributed by atoms with Crippen LogP contribution in [0.5, 0.6) is 0 Å². The van der Waals surface area contributed by atoms with Crippen molar-refractivity contribution in [3.05, 3.63) is 70.5 Å². The minimum Gasteiger partial charge on any atom is -0.255 e. The van der Waals surface area contributed by atoms with Gasteiger partial charge in [-0.05, 0) is 70.2 Å². The van der Waals surface area contributed by atoms with Crippen LogP contribution in [0.4, 0.5) is 0 Å². The molecule has 0 fully saturated rings. The summed E-state index contributed by atoms with van der Waals surface area (Å²) in [5.74, 6) is 0.531. The summed E-state index contributed by atoms with van der Waals surface area (Å²) in [6.45, 7) is 7.31. The van der Waals surface area contributed by atoms with Gasteiger partial charge in [0.15, 0.2) is 5.82 Å². The van der Waals surface area contributed by atoms with Gasteiger partial charge in [-0.2, -0.15) is 0 Å². The van der Waals surface area contributed by atoms with E-state index in [1.807, 2.05) is 31.2 Å². The van der Waals surface area contributed by atoms with E-state index >= 15 is 0 Å². The molecule has 34 heavy (non-hydrogen) atoms. The first-order valence-electron chi connectivity index (χ1n) is 10.3. The molecule has 0 radical (unpaired) electrons. The van der Waals surface area contributed by atoms with Gasteiger partial charge in [0, 0.05) is 28.6 Å². The second-order valence-electron chi connectivity index (χ2n) is 8.75. The van der Waals surface area contributed by atoms with E-state index in [9.17, 15) is 8.42 Å². The van der Waals surface area contributed by atoms with Gasteiger partial charge < -0.3 is 0 Å². The highest BCUT2D eigenvalue weighted by Crippen LogP contribution is 2.33. The zero-order chi connectivity index (χ0) is 24.7. The molecule has 0 bridgehead atoms. The zero-order valence-corrected chi connectivity index (χ0v) is 22.1. The number of aryl methyl sites for hydroxylation is 1. The van der Waals surface area contributed by atoms with E-state index in [1.165, 1.54) is 0 Å². The predicted octanol–water partition coefficient (Wildman–Crippen LogP) is 6.63. The lowest BCUT2D eigenvalue weighted by molar-refractivity contribution is 0.492. The van der Waals surface area contributed by atoms with E-state index in [0.717, 1.165) is 38.7 Å². The molecule has 0 amide bonds. The molecule has 0 aliphatic rings. The summed E-state index contributed by atoms with van der Waals surface area (Å²) in [6.07, 6.45) is 1.66. The van der Waals surface area contributed by atoms with Crippen LogP contribution in [0.25, 0.3) is 33.2 Å². The number of thiophene rings is 1. The van der Waals surface area contributed by atoms with E-state index in [1.54, 1.807) is 51.2 Å². The SMILES string of the molecule is Cc1cc(-c2ccc(Cl)c(Cl)c2)nc(-c2ccnc(-c3ccc(S(=O)(=O)NC(C)(C)C)s3)c2)n1. The molecule has 176 valence electrons. The maximum Gasteiger partial charge on any atom is 0.250 e. The highest BCUT2D eigenvalue weighted by Gasteiger charge is 2.24. The average molecular weight is 534 g/mol. The quantitative estimate of drug-likeness (QED) is 0.311. The molecule has 0 spiro atoms. The van der Waals surface area contributed by atoms with Gasteiger partial charge in [0.1, 0.15) is 4.21 Å². The van der Waals surface area contributed by atoms with Gasteiger partial charge >= 0.3 is 0 Å². The lowest BCUT2D eigenvalue weighted by atomic mass is 10.1. The van der Waals surface area contributed by atoms with Crippen molar-refractivity contribution in [2.75, 3.05) is 0 Å². The number of nitrogens with zero attached hydrogens (tertiary/aromatic N) is 3. The summed E-state index contributed by atoms with van der Waals surface area (Å²) < 4.78 is 28.3. The molecule has 0 atom stereocenters. The summed E-state index contributed by atoms with van der Waals surface area (Å²) in [4.78, 5) is 14.5. The number of hydrogen-bond donors (Lipinski definition) is 1. The number of halogens is 2. The molecule has 1 N–H and O–H groups in total. The lowest BCUT2D eigenvalue weighted by Gasteiger charge is -2.19. The van der Waals surface area contributed by atoms with Gasteiger partial charge in [-0.15, -0.1) is 11.3 Å². The number of aromatic nitrogens is 3. The zero-order valence-electron chi connectivity index (χ0n) is 18.9. The Bertz CT molecular complexity index is 1480. The van der Waals surface area contributed by atoms with Crippen LogP contribution in [0.3, 0.4) is 0 Å². The number of pyridine rings is 1. The molecule has 0 aliphatic carbocycles. The Morgan fingerprint density at radius 1 is 0.882 bits per heavy atom. The van der Waals surface area contributed by atoms with Crippen LogP contribution >= 0.6 is 34.5 Å². The van der Waals surface area contributed by atoms with Crippen molar-refractivity contribution in [3.63, 3.8) is 0 Å². The first kappa shape index (κ1) is 24.8. The van der Waals surface area contributed by atoms with Crippen molar-refractivity contribution in [1.29, 1.82) is 0 Å². The fourth-order valence-electron chi connectivity index (χ4n) is 3.26. The van der Waals surface area contributed by atoms with Crippen molar-refractivity contribution >= 4 is 44.6 Å². The fourth-order valence-corrected chi connectivity index (χ4v) is 6.25. The molecule has 0 saturated carbocycles. The third kappa shape index (κ3) is 5.64. The summed E-state index contributed by atoms with van der Waals surface area (Å²) >= 11 is 13.4. The molecule has 3 heterocycles. The Morgan fingerprint density at radius 3 is 2.35 bits per heavy atom. The Morgan fingerprint density at radius 2 is 1.65 bits per heavy atom. The summed E-state index contributed by atoms with van der Waals surface area (Å²) in [5.41, 5.74) is 3.17. The number of benzene rings is 1. The Labute approximate surface area is 213 Å². The monoisotopic (exact) mass is 532 g/mol. The average Bonchev–Trinajstić information content (AvgIpc) is 3.25. The third-order valence-corrected chi connectivity index (χ3v) is 8.72. The maximum absolute atomic E-state index is 12.7. The van der Waals surface area contributed by atoms with Crippen LogP contribution in [-0.4, -0.2) is 28.9 Å². The molecule has 4 aromatic rings. The molecular weight excluding hydrogens is 511 g/mol. The van der Waals surface area contributed by atoms with Crippen LogP contribution in [0.15, 0.2) is 58.9 Å². The molecule has 0 saturated heterocycles. The first-order valence-corrected chi connectivity index (χ1v) is 13.4. The minimum atomic E-state index is -3.62. The van der Waals surface area contributed by atoms with Gasteiger partial charge in [-0.1, -0.05) is 29.3 Å². The standard InChI is InChI=1S/C24H22Cl2N4O2S2/c1-14-11-19(15-5-6-17(25)18(26)12-15)29-23(28-14)16-9-10-27-20(13-16)21-7-8-22(33-21)34(31,32)30-24(2,3)4/h5-13,30H,1-4H3. The smallest absolute Gasteiger partial charge is 0.250 e. The predicted molar refractivity (Wildman–Crippen MR) is 139 cm³/mol. The van der Waals surface area contributed by atoms with Crippen LogP contribution in [0.2, 0.25) is 10.0 Å². The molecule has 0 aliphatic heterocycles. The largest absolute Gasteiger partial charge is 0.255 e. The molecule has 1 aromatic carbocycles. The molecule has 3 aromatic heterocycles.